The summed E-state index contributed by atoms with van der Waals surface area (Å²) >= 11 is 8.14. The van der Waals surface area contributed by atoms with Crippen LogP contribution in [0, 0.1) is 23.2 Å². The first-order valence-electron chi connectivity index (χ1n) is 8.37. The van der Waals surface area contributed by atoms with Crippen LogP contribution < -0.4 is 5.32 Å². The zero-order valence-corrected chi connectivity index (χ0v) is 17.1. The molecule has 146 valence electrons. The van der Waals surface area contributed by atoms with Gasteiger partial charge in [0.15, 0.2) is 0 Å². The average Bonchev–Trinajstić information content (AvgIpc) is 3.37. The molecule has 0 spiro atoms. The number of carboxylic acid groups (broad SMARTS) is 1. The topological polar surface area (TPSA) is 137 Å². The van der Waals surface area contributed by atoms with Crippen molar-refractivity contribution < 1.29 is 14.7 Å². The Kier molecular flexibility index (Phi) is 5.02. The van der Waals surface area contributed by atoms with Gasteiger partial charge in [-0.3, -0.25) is 9.69 Å². The second kappa shape index (κ2) is 7.34. The van der Waals surface area contributed by atoms with Gasteiger partial charge < -0.3 is 10.4 Å². The Hall–Kier alpha value is -2.17. The van der Waals surface area contributed by atoms with Gasteiger partial charge in [0.1, 0.15) is 17.1 Å². The largest absolute Gasteiger partial charge is 0.477 e. The van der Waals surface area contributed by atoms with Crippen LogP contribution in [-0.2, 0) is 16.6 Å². The highest BCUT2D eigenvalue weighted by atomic mass is 32.2. The van der Waals surface area contributed by atoms with Gasteiger partial charge in [0.25, 0.3) is 5.91 Å². The lowest BCUT2D eigenvalue weighted by molar-refractivity contribution is -0.148. The van der Waals surface area contributed by atoms with Gasteiger partial charge in [-0.15, -0.1) is 16.9 Å². The van der Waals surface area contributed by atoms with Crippen molar-refractivity contribution in [2.75, 3.05) is 11.5 Å². The van der Waals surface area contributed by atoms with Gasteiger partial charge in [0, 0.05) is 24.5 Å². The third-order valence-electron chi connectivity index (χ3n) is 4.80. The molecule has 0 bridgehead atoms. The summed E-state index contributed by atoms with van der Waals surface area (Å²) in [5, 5.41) is 33.1. The number of hydrogen-bond donors (Lipinski definition) is 2. The molecule has 1 aromatic heterocycles. The predicted octanol–water partition coefficient (Wildman–Crippen LogP) is 0.00128. The maximum absolute atomic E-state index is 12.7. The number of carboxylic acids is 1. The van der Waals surface area contributed by atoms with Gasteiger partial charge in [-0.2, -0.15) is 5.26 Å². The van der Waals surface area contributed by atoms with E-state index in [4.69, 9.17) is 17.5 Å². The van der Waals surface area contributed by atoms with Gasteiger partial charge in [-0.25, -0.2) is 9.48 Å². The van der Waals surface area contributed by atoms with E-state index in [1.54, 1.807) is 7.05 Å². The van der Waals surface area contributed by atoms with Crippen LogP contribution >= 0.6 is 35.7 Å². The SMILES string of the molecule is Cn1nnnc1SCC1=C(C(=O)O)N2C(=O)C(NC(=S)[C@H]3C[C@H]3C#N)[C@@H]2SC1. The van der Waals surface area contributed by atoms with E-state index in [9.17, 15) is 14.7 Å². The van der Waals surface area contributed by atoms with Crippen LogP contribution in [-0.4, -0.2) is 70.0 Å². The van der Waals surface area contributed by atoms with Crippen molar-refractivity contribution in [2.24, 2.45) is 18.9 Å². The van der Waals surface area contributed by atoms with E-state index in [0.717, 1.165) is 0 Å². The summed E-state index contributed by atoms with van der Waals surface area (Å²) in [6, 6.07) is 1.62. The lowest BCUT2D eigenvalue weighted by Crippen LogP contribution is -2.70. The highest BCUT2D eigenvalue weighted by Gasteiger charge is 2.55. The summed E-state index contributed by atoms with van der Waals surface area (Å²) in [6.45, 7) is 0. The van der Waals surface area contributed by atoms with Crippen LogP contribution in [0.2, 0.25) is 0 Å². The van der Waals surface area contributed by atoms with E-state index in [0.29, 0.717) is 33.6 Å². The summed E-state index contributed by atoms with van der Waals surface area (Å²) in [6.07, 6.45) is 0.712. The highest BCUT2D eigenvalue weighted by molar-refractivity contribution is 8.01. The molecule has 0 radical (unpaired) electrons. The fraction of sp³-hybridized carbons (Fsp3) is 0.533. The molecule has 4 rings (SSSR count). The number of tetrazole rings is 1. The summed E-state index contributed by atoms with van der Waals surface area (Å²) in [5.74, 6) is -0.659. The molecule has 3 heterocycles. The lowest BCUT2D eigenvalue weighted by Gasteiger charge is -2.49. The Bertz CT molecular complexity index is 940. The highest BCUT2D eigenvalue weighted by Crippen LogP contribution is 2.43. The van der Waals surface area contributed by atoms with Crippen molar-refractivity contribution in [3.63, 3.8) is 0 Å². The first-order valence-corrected chi connectivity index (χ1v) is 10.8. The van der Waals surface area contributed by atoms with Crippen molar-refractivity contribution in [3.8, 4) is 6.07 Å². The Morgan fingerprint density at radius 3 is 2.96 bits per heavy atom. The van der Waals surface area contributed by atoms with Crippen molar-refractivity contribution >= 4 is 52.6 Å². The number of aliphatic carboxylic acids is 1. The number of carbonyl (C=O) groups is 2. The summed E-state index contributed by atoms with van der Waals surface area (Å²) in [5.41, 5.74) is 0.685. The van der Waals surface area contributed by atoms with Crippen molar-refractivity contribution in [1.82, 2.24) is 30.4 Å². The number of nitrogens with zero attached hydrogens (tertiary/aromatic N) is 6. The van der Waals surface area contributed by atoms with Crippen molar-refractivity contribution in [3.05, 3.63) is 11.3 Å². The Labute approximate surface area is 173 Å². The lowest BCUT2D eigenvalue weighted by atomic mass is 10.0. The molecule has 1 saturated carbocycles. The monoisotopic (exact) mass is 437 g/mol. The number of amides is 1. The molecule has 2 aliphatic heterocycles. The minimum Gasteiger partial charge on any atom is -0.477 e. The zero-order valence-electron chi connectivity index (χ0n) is 14.6. The number of rotatable bonds is 6. The van der Waals surface area contributed by atoms with Crippen LogP contribution in [0.5, 0.6) is 0 Å². The number of nitrogens with one attached hydrogen (secondary N) is 1. The maximum Gasteiger partial charge on any atom is 0.352 e. The van der Waals surface area contributed by atoms with Crippen molar-refractivity contribution in [1.29, 1.82) is 5.26 Å². The molecular weight excluding hydrogens is 422 g/mol. The third-order valence-corrected chi connectivity index (χ3v) is 7.65. The molecule has 1 unspecified atom stereocenters. The van der Waals surface area contributed by atoms with Gasteiger partial charge in [0.05, 0.1) is 17.0 Å². The standard InChI is InChI=1S/C15H15N7O3S3/c1-21-15(18-19-20-21)28-5-7-4-27-13-9(12(23)22(13)10(7)14(24)25)17-11(26)8-2-6(8)3-16/h6,8-9,13H,2,4-5H2,1H3,(H,17,26)(H,24,25)/t6-,8-,9?,13-/m0/s1. The molecule has 1 aliphatic carbocycles. The number of thiocarbonyl (C=S) groups is 1. The maximum atomic E-state index is 12.7. The minimum atomic E-state index is -1.13. The van der Waals surface area contributed by atoms with Gasteiger partial charge in [-0.1, -0.05) is 24.0 Å². The number of aryl methyl sites for hydroxylation is 1. The smallest absolute Gasteiger partial charge is 0.352 e. The van der Waals surface area contributed by atoms with Crippen molar-refractivity contribution in [2.45, 2.75) is 23.0 Å². The average molecular weight is 438 g/mol. The van der Waals surface area contributed by atoms with E-state index >= 15 is 0 Å². The normalized spacial score (nSPS) is 28.3. The Morgan fingerprint density at radius 2 is 2.36 bits per heavy atom. The number of fused-ring (bicyclic) bond motifs is 1. The molecule has 1 amide bonds. The number of nitriles is 1. The Morgan fingerprint density at radius 1 is 1.57 bits per heavy atom. The number of hydrogen-bond acceptors (Lipinski definition) is 9. The van der Waals surface area contributed by atoms with E-state index < -0.39 is 12.0 Å². The molecule has 2 N–H and O–H groups in total. The van der Waals surface area contributed by atoms with E-state index in [1.807, 2.05) is 0 Å². The second-order valence-electron chi connectivity index (χ2n) is 6.60. The third kappa shape index (κ3) is 3.25. The summed E-state index contributed by atoms with van der Waals surface area (Å²) in [7, 11) is 1.70. The van der Waals surface area contributed by atoms with Gasteiger partial charge in [-0.05, 0) is 22.4 Å². The number of aromatic nitrogens is 4. The van der Waals surface area contributed by atoms with E-state index in [-0.39, 0.29) is 28.8 Å². The fourth-order valence-electron chi connectivity index (χ4n) is 3.18. The fourth-order valence-corrected chi connectivity index (χ4v) is 5.90. The van der Waals surface area contributed by atoms with Crippen LogP contribution in [0.4, 0.5) is 0 Å². The molecule has 10 nitrogen and oxygen atoms in total. The quantitative estimate of drug-likeness (QED) is 0.353. The zero-order chi connectivity index (χ0) is 20.0. The molecule has 2 fully saturated rings. The van der Waals surface area contributed by atoms with Gasteiger partial charge >= 0.3 is 5.97 Å². The first-order chi connectivity index (χ1) is 13.4. The molecule has 1 saturated heterocycles. The van der Waals surface area contributed by atoms with E-state index in [2.05, 4.69) is 26.9 Å². The molecular formula is C15H15N7O3S3. The molecule has 28 heavy (non-hydrogen) atoms. The van der Waals surface area contributed by atoms with Gasteiger partial charge in [0.2, 0.25) is 5.16 Å². The molecule has 4 atom stereocenters. The van der Waals surface area contributed by atoms with Crippen LogP contribution in [0.25, 0.3) is 0 Å². The number of thioether (sulfide) groups is 2. The second-order valence-corrected chi connectivity index (χ2v) is 9.09. The summed E-state index contributed by atoms with van der Waals surface area (Å²) < 4.78 is 1.51. The van der Waals surface area contributed by atoms with Crippen LogP contribution in [0.3, 0.4) is 0 Å². The molecule has 0 aromatic carbocycles. The Balaban J connectivity index is 1.46. The summed E-state index contributed by atoms with van der Waals surface area (Å²) in [4.78, 5) is 26.4. The van der Waals surface area contributed by atoms with E-state index in [1.165, 1.54) is 33.1 Å². The molecule has 3 aliphatic rings. The number of carbonyl (C=O) groups excluding carboxylic acids is 1. The molecule has 13 heteroatoms. The first kappa shape index (κ1) is 19.2. The predicted molar refractivity (Wildman–Crippen MR) is 104 cm³/mol. The minimum absolute atomic E-state index is 0.00288. The van der Waals surface area contributed by atoms with Crippen LogP contribution in [0.15, 0.2) is 16.4 Å². The molecule has 1 aromatic rings. The van der Waals surface area contributed by atoms with Crippen LogP contribution in [0.1, 0.15) is 6.42 Å². The number of β-lactam (4-membered cyclic amide) rings is 1.